The molecule has 0 spiro atoms. The van der Waals surface area contributed by atoms with Crippen LogP contribution in [0.4, 0.5) is 5.82 Å². The van der Waals surface area contributed by atoms with E-state index in [0.29, 0.717) is 17.4 Å². The molecule has 3 N–H and O–H groups in total. The van der Waals surface area contributed by atoms with Gasteiger partial charge in [-0.25, -0.2) is 18.5 Å². The molecule has 6 nitrogen and oxygen atoms in total. The van der Waals surface area contributed by atoms with E-state index in [0.717, 1.165) is 19.4 Å². The van der Waals surface area contributed by atoms with Crippen molar-refractivity contribution < 1.29 is 8.42 Å². The normalized spacial score (nSPS) is 20.7. The molecule has 0 bridgehead atoms. The Morgan fingerprint density at radius 3 is 2.80 bits per heavy atom. The molecule has 0 saturated carbocycles. The van der Waals surface area contributed by atoms with Crippen LogP contribution in [0.15, 0.2) is 23.2 Å². The fourth-order valence-corrected chi connectivity index (χ4v) is 4.15. The van der Waals surface area contributed by atoms with E-state index in [1.54, 1.807) is 12.1 Å². The minimum atomic E-state index is -3.76. The maximum absolute atomic E-state index is 11.4. The fourth-order valence-electron chi connectivity index (χ4n) is 3.65. The number of hydrogen-bond donors (Lipinski definition) is 2. The van der Waals surface area contributed by atoms with Gasteiger partial charge in [-0.05, 0) is 64.6 Å². The number of rotatable bonds is 9. The zero-order chi connectivity index (χ0) is 18.5. The maximum atomic E-state index is 11.4. The summed E-state index contributed by atoms with van der Waals surface area (Å²) in [5.74, 6) is 0.557. The molecule has 2 heterocycles. The number of likely N-dealkylation sites (tertiary alicyclic amines) is 1. The minimum Gasteiger partial charge on any atom is -0.370 e. The molecule has 1 atom stereocenters. The Morgan fingerprint density at radius 1 is 1.36 bits per heavy atom. The van der Waals surface area contributed by atoms with Gasteiger partial charge in [0.15, 0.2) is 5.03 Å². The summed E-state index contributed by atoms with van der Waals surface area (Å²) < 4.78 is 22.7. The smallest absolute Gasteiger partial charge is 0.255 e. The van der Waals surface area contributed by atoms with Gasteiger partial charge >= 0.3 is 0 Å². The van der Waals surface area contributed by atoms with Crippen LogP contribution in [0, 0.1) is 0 Å². The monoisotopic (exact) mass is 368 g/mol. The first-order valence-corrected chi connectivity index (χ1v) is 10.8. The molecule has 1 aromatic heterocycles. The summed E-state index contributed by atoms with van der Waals surface area (Å²) in [6.07, 6.45) is 7.18. The van der Waals surface area contributed by atoms with E-state index in [2.05, 4.69) is 36.0 Å². The van der Waals surface area contributed by atoms with Gasteiger partial charge in [-0.2, -0.15) is 0 Å². The molecule has 0 radical (unpaired) electrons. The second-order valence-electron chi connectivity index (χ2n) is 7.53. The zero-order valence-electron chi connectivity index (χ0n) is 15.7. The molecule has 1 saturated heterocycles. The molecule has 1 aromatic rings. The number of hydrogen-bond acceptors (Lipinski definition) is 5. The van der Waals surface area contributed by atoms with Gasteiger partial charge in [-0.3, -0.25) is 4.90 Å². The molecule has 1 aliphatic heterocycles. The molecule has 0 aliphatic carbocycles. The highest BCUT2D eigenvalue weighted by Crippen LogP contribution is 2.35. The van der Waals surface area contributed by atoms with Gasteiger partial charge in [0, 0.05) is 18.1 Å². The average Bonchev–Trinajstić information content (AvgIpc) is 2.83. The maximum Gasteiger partial charge on any atom is 0.255 e. The molecule has 7 heteroatoms. The molecule has 0 amide bonds. The Hall–Kier alpha value is -1.18. The number of primary sulfonamides is 1. The van der Waals surface area contributed by atoms with Crippen LogP contribution in [0.1, 0.15) is 59.3 Å². The first kappa shape index (κ1) is 20.1. The van der Waals surface area contributed by atoms with E-state index >= 15 is 0 Å². The number of nitrogens with two attached hydrogens (primary N) is 1. The largest absolute Gasteiger partial charge is 0.370 e. The van der Waals surface area contributed by atoms with E-state index in [-0.39, 0.29) is 5.03 Å². The number of pyridine rings is 1. The van der Waals surface area contributed by atoms with Crippen LogP contribution >= 0.6 is 0 Å². The van der Waals surface area contributed by atoms with E-state index in [1.165, 1.54) is 38.3 Å². The molecule has 1 fully saturated rings. The topological polar surface area (TPSA) is 88.3 Å². The third kappa shape index (κ3) is 5.66. The predicted octanol–water partition coefficient (Wildman–Crippen LogP) is 2.96. The van der Waals surface area contributed by atoms with Crippen molar-refractivity contribution in [2.24, 2.45) is 5.14 Å². The Morgan fingerprint density at radius 2 is 2.12 bits per heavy atom. The standard InChI is InChI=1S/C18H32N4O2S/c1-4-5-14-22-15(11-12-18(22,2)3)8-7-13-20-16-9-6-10-17(21-16)25(19,23)24/h6,9-10,15H,4-5,7-8,11-14H2,1-3H3,(H,20,21)(H2,19,23,24). The molecule has 142 valence electrons. The van der Waals surface area contributed by atoms with Gasteiger partial charge in [0.1, 0.15) is 5.82 Å². The lowest BCUT2D eigenvalue weighted by Gasteiger charge is -2.36. The van der Waals surface area contributed by atoms with Gasteiger partial charge in [-0.1, -0.05) is 19.4 Å². The van der Waals surface area contributed by atoms with Gasteiger partial charge in [0.2, 0.25) is 0 Å². The first-order chi connectivity index (χ1) is 11.7. The van der Waals surface area contributed by atoms with Crippen molar-refractivity contribution in [3.05, 3.63) is 18.2 Å². The summed E-state index contributed by atoms with van der Waals surface area (Å²) in [7, 11) is -3.76. The van der Waals surface area contributed by atoms with Crippen LogP contribution in [-0.2, 0) is 10.0 Å². The molecular formula is C18H32N4O2S. The van der Waals surface area contributed by atoms with Gasteiger partial charge in [0.05, 0.1) is 0 Å². The second-order valence-corrected chi connectivity index (χ2v) is 9.04. The van der Waals surface area contributed by atoms with Crippen molar-refractivity contribution in [1.29, 1.82) is 0 Å². The van der Waals surface area contributed by atoms with Crippen LogP contribution in [0.5, 0.6) is 0 Å². The van der Waals surface area contributed by atoms with Crippen molar-refractivity contribution in [1.82, 2.24) is 9.88 Å². The number of anilines is 1. The quantitative estimate of drug-likeness (QED) is 0.654. The lowest BCUT2D eigenvalue weighted by molar-refractivity contribution is 0.121. The Bertz CT molecular complexity index is 661. The van der Waals surface area contributed by atoms with Crippen LogP contribution in [-0.4, -0.2) is 43.0 Å². The average molecular weight is 369 g/mol. The van der Waals surface area contributed by atoms with Crippen molar-refractivity contribution >= 4 is 15.8 Å². The molecule has 1 unspecified atom stereocenters. The van der Waals surface area contributed by atoms with E-state index in [4.69, 9.17) is 5.14 Å². The lowest BCUT2D eigenvalue weighted by atomic mass is 10.0. The fraction of sp³-hybridized carbons (Fsp3) is 0.722. The van der Waals surface area contributed by atoms with Crippen LogP contribution < -0.4 is 10.5 Å². The van der Waals surface area contributed by atoms with Crippen LogP contribution in [0.25, 0.3) is 0 Å². The summed E-state index contributed by atoms with van der Waals surface area (Å²) in [6.45, 7) is 8.90. The third-order valence-corrected chi connectivity index (χ3v) is 5.91. The van der Waals surface area contributed by atoms with Crippen molar-refractivity contribution in [3.8, 4) is 0 Å². The Labute approximate surface area is 152 Å². The third-order valence-electron chi connectivity index (χ3n) is 5.10. The molecule has 2 rings (SSSR count). The number of aromatic nitrogens is 1. The van der Waals surface area contributed by atoms with Crippen molar-refractivity contribution in [2.45, 2.75) is 75.9 Å². The lowest BCUT2D eigenvalue weighted by Crippen LogP contribution is -2.43. The van der Waals surface area contributed by atoms with Crippen LogP contribution in [0.3, 0.4) is 0 Å². The van der Waals surface area contributed by atoms with Crippen molar-refractivity contribution in [2.75, 3.05) is 18.4 Å². The first-order valence-electron chi connectivity index (χ1n) is 9.24. The summed E-state index contributed by atoms with van der Waals surface area (Å²) >= 11 is 0. The Kier molecular flexibility index (Phi) is 6.82. The number of nitrogens with zero attached hydrogens (tertiary/aromatic N) is 2. The molecule has 25 heavy (non-hydrogen) atoms. The summed E-state index contributed by atoms with van der Waals surface area (Å²) in [6, 6.07) is 5.47. The number of nitrogens with one attached hydrogen (secondary N) is 1. The molecule has 0 aromatic carbocycles. The summed E-state index contributed by atoms with van der Waals surface area (Å²) in [5.41, 5.74) is 0.304. The number of unbranched alkanes of at least 4 members (excludes halogenated alkanes) is 1. The SMILES string of the molecule is CCCCN1C(CCCNc2cccc(S(N)(=O)=O)n2)CCC1(C)C. The summed E-state index contributed by atoms with van der Waals surface area (Å²) in [5, 5.41) is 8.23. The Balaban J connectivity index is 1.83. The highest BCUT2D eigenvalue weighted by Gasteiger charge is 2.37. The van der Waals surface area contributed by atoms with Crippen molar-refractivity contribution in [3.63, 3.8) is 0 Å². The second kappa shape index (κ2) is 8.47. The zero-order valence-corrected chi connectivity index (χ0v) is 16.5. The van der Waals surface area contributed by atoms with Crippen LogP contribution in [0.2, 0.25) is 0 Å². The molecule has 1 aliphatic rings. The highest BCUT2D eigenvalue weighted by atomic mass is 32.2. The highest BCUT2D eigenvalue weighted by molar-refractivity contribution is 7.89. The predicted molar refractivity (Wildman–Crippen MR) is 102 cm³/mol. The number of sulfonamides is 1. The molecular weight excluding hydrogens is 336 g/mol. The minimum absolute atomic E-state index is 0.0965. The van der Waals surface area contributed by atoms with E-state index < -0.39 is 10.0 Å². The van der Waals surface area contributed by atoms with E-state index in [9.17, 15) is 8.42 Å². The summed E-state index contributed by atoms with van der Waals surface area (Å²) in [4.78, 5) is 6.73. The van der Waals surface area contributed by atoms with Gasteiger partial charge in [0.25, 0.3) is 10.0 Å². The van der Waals surface area contributed by atoms with E-state index in [1.807, 2.05) is 0 Å². The van der Waals surface area contributed by atoms with Gasteiger partial charge < -0.3 is 5.32 Å². The van der Waals surface area contributed by atoms with Gasteiger partial charge in [-0.15, -0.1) is 0 Å².